The first-order chi connectivity index (χ1) is 9.65. The first-order valence-electron chi connectivity index (χ1n) is 7.17. The zero-order chi connectivity index (χ0) is 14.5. The molecular formula is C13H23N5OS. The third-order valence-corrected chi connectivity index (χ3v) is 4.50. The number of hydrogen-bond acceptors (Lipinski definition) is 6. The molecule has 0 aromatic carbocycles. The van der Waals surface area contributed by atoms with Gasteiger partial charge in [0.1, 0.15) is 10.7 Å². The van der Waals surface area contributed by atoms with E-state index in [4.69, 9.17) is 5.73 Å². The molecule has 0 unspecified atom stereocenters. The molecule has 1 aliphatic heterocycles. The number of nitrogens with zero attached hydrogens (tertiary/aromatic N) is 3. The van der Waals surface area contributed by atoms with Crippen LogP contribution in [0.25, 0.3) is 0 Å². The second-order valence-electron chi connectivity index (χ2n) is 4.89. The largest absolute Gasteiger partial charge is 0.382 e. The van der Waals surface area contributed by atoms with E-state index in [-0.39, 0.29) is 5.91 Å². The number of nitrogens with two attached hydrogens (primary N) is 1. The molecule has 0 atom stereocenters. The molecule has 0 bridgehead atoms. The average molecular weight is 297 g/mol. The highest BCUT2D eigenvalue weighted by Gasteiger charge is 2.25. The van der Waals surface area contributed by atoms with E-state index in [1.54, 1.807) is 0 Å². The summed E-state index contributed by atoms with van der Waals surface area (Å²) in [4.78, 5) is 21.5. The summed E-state index contributed by atoms with van der Waals surface area (Å²) in [5, 5.41) is 3.91. The Morgan fingerprint density at radius 2 is 2.05 bits per heavy atom. The molecule has 1 aromatic heterocycles. The molecule has 112 valence electrons. The molecule has 1 aromatic rings. The summed E-state index contributed by atoms with van der Waals surface area (Å²) in [7, 11) is 0. The van der Waals surface area contributed by atoms with Crippen LogP contribution in [0.5, 0.6) is 0 Å². The fourth-order valence-electron chi connectivity index (χ4n) is 2.20. The van der Waals surface area contributed by atoms with Crippen LogP contribution in [0.15, 0.2) is 0 Å². The van der Waals surface area contributed by atoms with E-state index in [0.29, 0.717) is 10.7 Å². The van der Waals surface area contributed by atoms with Crippen molar-refractivity contribution >= 4 is 28.2 Å². The Morgan fingerprint density at radius 3 is 2.65 bits per heavy atom. The van der Waals surface area contributed by atoms with E-state index >= 15 is 0 Å². The summed E-state index contributed by atoms with van der Waals surface area (Å²) >= 11 is 1.36. The van der Waals surface area contributed by atoms with Crippen molar-refractivity contribution < 1.29 is 4.79 Å². The monoisotopic (exact) mass is 297 g/mol. The van der Waals surface area contributed by atoms with Gasteiger partial charge in [0.2, 0.25) is 0 Å². The van der Waals surface area contributed by atoms with Crippen molar-refractivity contribution in [3.63, 3.8) is 0 Å². The van der Waals surface area contributed by atoms with Crippen molar-refractivity contribution in [2.24, 2.45) is 0 Å². The summed E-state index contributed by atoms with van der Waals surface area (Å²) in [6.45, 7) is 9.51. The molecule has 1 saturated heterocycles. The van der Waals surface area contributed by atoms with Gasteiger partial charge < -0.3 is 20.9 Å². The van der Waals surface area contributed by atoms with E-state index in [9.17, 15) is 4.79 Å². The van der Waals surface area contributed by atoms with E-state index in [1.807, 2.05) is 4.90 Å². The van der Waals surface area contributed by atoms with E-state index < -0.39 is 0 Å². The zero-order valence-corrected chi connectivity index (χ0v) is 13.0. The maximum absolute atomic E-state index is 12.5. The average Bonchev–Trinajstić information content (AvgIpc) is 2.85. The topological polar surface area (TPSA) is 74.5 Å². The molecule has 1 fully saturated rings. The third kappa shape index (κ3) is 3.40. The van der Waals surface area contributed by atoms with Crippen LogP contribution < -0.4 is 11.1 Å². The highest BCUT2D eigenvalue weighted by Crippen LogP contribution is 2.26. The molecule has 0 radical (unpaired) electrons. The van der Waals surface area contributed by atoms with Gasteiger partial charge in [-0.05, 0) is 13.0 Å². The second-order valence-corrected chi connectivity index (χ2v) is 5.89. The van der Waals surface area contributed by atoms with Crippen molar-refractivity contribution in [3.05, 3.63) is 4.88 Å². The molecule has 6 nitrogen and oxygen atoms in total. The highest BCUT2D eigenvalue weighted by atomic mass is 32.1. The van der Waals surface area contributed by atoms with Gasteiger partial charge in [-0.15, -0.1) is 0 Å². The summed E-state index contributed by atoms with van der Waals surface area (Å²) in [5.74, 6) is 0.358. The number of carbonyl (C=O) groups excluding carboxylic acids is 1. The molecule has 1 amide bonds. The van der Waals surface area contributed by atoms with Crippen LogP contribution in [-0.2, 0) is 0 Å². The lowest BCUT2D eigenvalue weighted by atomic mass is 10.3. The lowest BCUT2D eigenvalue weighted by Crippen LogP contribution is -2.48. The van der Waals surface area contributed by atoms with Crippen molar-refractivity contribution in [2.75, 3.05) is 50.3 Å². The molecule has 1 aliphatic rings. The zero-order valence-electron chi connectivity index (χ0n) is 12.2. The van der Waals surface area contributed by atoms with E-state index in [1.165, 1.54) is 11.3 Å². The Morgan fingerprint density at radius 1 is 1.35 bits per heavy atom. The van der Waals surface area contributed by atoms with Crippen LogP contribution in [0, 0.1) is 0 Å². The molecule has 0 aliphatic carbocycles. The minimum absolute atomic E-state index is 0.0142. The molecule has 3 N–H and O–H groups in total. The SMILES string of the molecule is CCCNc1nc(N)c(C(=O)N2CCN(CC)CC2)s1. The van der Waals surface area contributed by atoms with E-state index in [2.05, 4.69) is 29.0 Å². The number of thiazole rings is 1. The number of nitrogens with one attached hydrogen (secondary N) is 1. The first-order valence-corrected chi connectivity index (χ1v) is 7.99. The Balaban J connectivity index is 2.00. The van der Waals surface area contributed by atoms with Gasteiger partial charge in [-0.1, -0.05) is 25.2 Å². The van der Waals surface area contributed by atoms with Gasteiger partial charge >= 0.3 is 0 Å². The first kappa shape index (κ1) is 15.1. The molecule has 20 heavy (non-hydrogen) atoms. The van der Waals surface area contributed by atoms with Gasteiger partial charge in [0.15, 0.2) is 5.13 Å². The van der Waals surface area contributed by atoms with Crippen LogP contribution in [0.4, 0.5) is 10.9 Å². The molecule has 2 heterocycles. The number of amides is 1. The van der Waals surface area contributed by atoms with Gasteiger partial charge in [0, 0.05) is 32.7 Å². The Hall–Kier alpha value is -1.34. The summed E-state index contributed by atoms with van der Waals surface area (Å²) in [6.07, 6.45) is 1.02. The lowest BCUT2D eigenvalue weighted by molar-refractivity contribution is 0.0649. The van der Waals surface area contributed by atoms with Gasteiger partial charge in [-0.2, -0.15) is 0 Å². The molecule has 0 spiro atoms. The Bertz CT molecular complexity index is 454. The summed E-state index contributed by atoms with van der Waals surface area (Å²) in [6, 6.07) is 0. The maximum atomic E-state index is 12.5. The van der Waals surface area contributed by atoms with Crippen molar-refractivity contribution in [2.45, 2.75) is 20.3 Å². The van der Waals surface area contributed by atoms with Gasteiger partial charge in [-0.3, -0.25) is 4.79 Å². The van der Waals surface area contributed by atoms with Crippen LogP contribution in [0.3, 0.4) is 0 Å². The fraction of sp³-hybridized carbons (Fsp3) is 0.692. The van der Waals surface area contributed by atoms with Gasteiger partial charge in [0.25, 0.3) is 5.91 Å². The minimum Gasteiger partial charge on any atom is -0.382 e. The smallest absolute Gasteiger partial charge is 0.267 e. The molecule has 7 heteroatoms. The highest BCUT2D eigenvalue weighted by molar-refractivity contribution is 7.18. The van der Waals surface area contributed by atoms with E-state index in [0.717, 1.165) is 50.8 Å². The summed E-state index contributed by atoms with van der Waals surface area (Å²) < 4.78 is 0. The van der Waals surface area contributed by atoms with Crippen LogP contribution in [0.2, 0.25) is 0 Å². The van der Waals surface area contributed by atoms with Crippen LogP contribution in [-0.4, -0.2) is 60.0 Å². The number of likely N-dealkylation sites (N-methyl/N-ethyl adjacent to an activating group) is 1. The number of carbonyl (C=O) groups is 1. The van der Waals surface area contributed by atoms with Crippen molar-refractivity contribution in [3.8, 4) is 0 Å². The van der Waals surface area contributed by atoms with Crippen LogP contribution in [0.1, 0.15) is 29.9 Å². The maximum Gasteiger partial charge on any atom is 0.267 e. The minimum atomic E-state index is 0.0142. The predicted molar refractivity (Wildman–Crippen MR) is 83.3 cm³/mol. The summed E-state index contributed by atoms with van der Waals surface area (Å²) in [5.41, 5.74) is 5.88. The van der Waals surface area contributed by atoms with Gasteiger partial charge in [0.05, 0.1) is 0 Å². The number of rotatable bonds is 5. The number of nitrogen functional groups attached to an aromatic ring is 1. The quantitative estimate of drug-likeness (QED) is 0.857. The third-order valence-electron chi connectivity index (χ3n) is 3.48. The number of aromatic nitrogens is 1. The number of anilines is 2. The fourth-order valence-corrected chi connectivity index (χ4v) is 3.08. The van der Waals surface area contributed by atoms with Gasteiger partial charge in [-0.25, -0.2) is 4.98 Å². The number of piperazine rings is 1. The standard InChI is InChI=1S/C13H23N5OS/c1-3-5-15-13-16-11(14)10(20-13)12(19)18-8-6-17(4-2)7-9-18/h3-9,14H2,1-2H3,(H,15,16). The Labute approximate surface area is 124 Å². The van der Waals surface area contributed by atoms with Crippen LogP contribution >= 0.6 is 11.3 Å². The number of hydrogen-bond donors (Lipinski definition) is 2. The van der Waals surface area contributed by atoms with Crippen molar-refractivity contribution in [1.82, 2.24) is 14.8 Å². The van der Waals surface area contributed by atoms with Crippen molar-refractivity contribution in [1.29, 1.82) is 0 Å². The molecule has 0 saturated carbocycles. The Kier molecular flexibility index (Phi) is 5.19. The normalized spacial score (nSPS) is 16.4. The predicted octanol–water partition coefficient (Wildman–Crippen LogP) is 1.32. The second kappa shape index (κ2) is 6.90. The lowest BCUT2D eigenvalue weighted by Gasteiger charge is -2.33. The molecular weight excluding hydrogens is 274 g/mol. The molecule has 2 rings (SSSR count).